The highest BCUT2D eigenvalue weighted by molar-refractivity contribution is 7.91. The van der Waals surface area contributed by atoms with Gasteiger partial charge in [0.2, 0.25) is 5.91 Å². The second-order valence-electron chi connectivity index (χ2n) is 4.97. The topological polar surface area (TPSA) is 92.8 Å². The molecule has 1 rings (SSSR count). The molecule has 0 aromatic carbocycles. The maximum atomic E-state index is 12.1. The molecule has 0 radical (unpaired) electrons. The molecule has 1 saturated heterocycles. The summed E-state index contributed by atoms with van der Waals surface area (Å²) in [5.41, 5.74) is 0. The molecule has 1 N–H and O–H groups in total. The molecule has 8 heteroatoms. The van der Waals surface area contributed by atoms with E-state index in [9.17, 15) is 18.0 Å². The standard InChI is InChI=1S/C13H24N2O5S/c1-3-15(11-6-8-21(18,19)10-11)12(16)9-14-7-5-13(17)20-4-2/h11,14H,3-10H2,1-2H3. The highest BCUT2D eigenvalue weighted by Gasteiger charge is 2.33. The molecule has 0 aliphatic carbocycles. The van der Waals surface area contributed by atoms with E-state index < -0.39 is 9.84 Å². The van der Waals surface area contributed by atoms with Crippen LogP contribution < -0.4 is 5.32 Å². The quantitative estimate of drug-likeness (QED) is 0.482. The van der Waals surface area contributed by atoms with E-state index in [-0.39, 0.29) is 42.4 Å². The number of carbonyl (C=O) groups excluding carboxylic acids is 2. The Kier molecular flexibility index (Phi) is 7.10. The number of hydrogen-bond donors (Lipinski definition) is 1. The van der Waals surface area contributed by atoms with Gasteiger partial charge in [0.15, 0.2) is 9.84 Å². The van der Waals surface area contributed by atoms with E-state index in [1.165, 1.54) is 0 Å². The predicted octanol–water partition coefficient (Wildman–Crippen LogP) is -0.435. The molecular weight excluding hydrogens is 296 g/mol. The van der Waals surface area contributed by atoms with Crippen molar-refractivity contribution < 1.29 is 22.7 Å². The largest absolute Gasteiger partial charge is 0.466 e. The fraction of sp³-hybridized carbons (Fsp3) is 0.846. The Labute approximate surface area is 125 Å². The van der Waals surface area contributed by atoms with E-state index in [2.05, 4.69) is 5.32 Å². The lowest BCUT2D eigenvalue weighted by Gasteiger charge is -2.27. The van der Waals surface area contributed by atoms with Gasteiger partial charge in [0.25, 0.3) is 0 Å². The molecule has 0 aromatic rings. The van der Waals surface area contributed by atoms with Crippen LogP contribution in [0, 0.1) is 0 Å². The SMILES string of the molecule is CCOC(=O)CCNCC(=O)N(CC)C1CCS(=O)(=O)C1. The van der Waals surface area contributed by atoms with Gasteiger partial charge in [0.1, 0.15) is 0 Å². The average molecular weight is 320 g/mol. The highest BCUT2D eigenvalue weighted by atomic mass is 32.2. The van der Waals surface area contributed by atoms with Crippen LogP contribution in [0.1, 0.15) is 26.7 Å². The van der Waals surface area contributed by atoms with Gasteiger partial charge >= 0.3 is 5.97 Å². The lowest BCUT2D eigenvalue weighted by molar-refractivity contribution is -0.143. The molecule has 0 spiro atoms. The number of nitrogens with zero attached hydrogens (tertiary/aromatic N) is 1. The Morgan fingerprint density at radius 2 is 2.05 bits per heavy atom. The summed E-state index contributed by atoms with van der Waals surface area (Å²) in [5, 5.41) is 2.89. The molecule has 1 amide bonds. The summed E-state index contributed by atoms with van der Waals surface area (Å²) >= 11 is 0. The molecule has 0 aromatic heterocycles. The Hall–Kier alpha value is -1.15. The summed E-state index contributed by atoms with van der Waals surface area (Å²) in [6.45, 7) is 4.87. The first-order valence-electron chi connectivity index (χ1n) is 7.25. The van der Waals surface area contributed by atoms with Crippen LogP contribution in [-0.4, -0.2) is 69.0 Å². The van der Waals surface area contributed by atoms with Gasteiger partial charge in [-0.1, -0.05) is 0 Å². The van der Waals surface area contributed by atoms with Crippen molar-refractivity contribution in [1.29, 1.82) is 0 Å². The van der Waals surface area contributed by atoms with Crippen molar-refractivity contribution in [2.75, 3.05) is 37.7 Å². The normalized spacial score (nSPS) is 20.2. The average Bonchev–Trinajstić information content (AvgIpc) is 2.76. The summed E-state index contributed by atoms with van der Waals surface area (Å²) in [6, 6.07) is -0.223. The van der Waals surface area contributed by atoms with Crippen LogP contribution in [0.15, 0.2) is 0 Å². The van der Waals surface area contributed by atoms with Gasteiger partial charge in [-0.2, -0.15) is 0 Å². The van der Waals surface area contributed by atoms with Gasteiger partial charge in [0.05, 0.1) is 31.1 Å². The molecule has 122 valence electrons. The van der Waals surface area contributed by atoms with Crippen LogP contribution >= 0.6 is 0 Å². The third kappa shape index (κ3) is 6.01. The van der Waals surface area contributed by atoms with Gasteiger partial charge in [-0.15, -0.1) is 0 Å². The minimum Gasteiger partial charge on any atom is -0.466 e. The first-order valence-corrected chi connectivity index (χ1v) is 9.08. The van der Waals surface area contributed by atoms with Gasteiger partial charge in [-0.05, 0) is 20.3 Å². The van der Waals surface area contributed by atoms with Crippen molar-refractivity contribution in [3.63, 3.8) is 0 Å². The lowest BCUT2D eigenvalue weighted by atomic mass is 10.2. The summed E-state index contributed by atoms with van der Waals surface area (Å²) < 4.78 is 27.7. The monoisotopic (exact) mass is 320 g/mol. The van der Waals surface area contributed by atoms with Gasteiger partial charge in [0, 0.05) is 19.1 Å². The predicted molar refractivity (Wildman–Crippen MR) is 78.6 cm³/mol. The van der Waals surface area contributed by atoms with Crippen LogP contribution in [-0.2, 0) is 24.2 Å². The summed E-state index contributed by atoms with van der Waals surface area (Å²) in [5.74, 6) is -0.234. The maximum absolute atomic E-state index is 12.1. The zero-order valence-electron chi connectivity index (χ0n) is 12.6. The number of likely N-dealkylation sites (N-methyl/N-ethyl adjacent to an activating group) is 1. The minimum atomic E-state index is -3.00. The van der Waals surface area contributed by atoms with E-state index in [0.717, 1.165) is 0 Å². The Balaban J connectivity index is 2.34. The van der Waals surface area contributed by atoms with Crippen molar-refractivity contribution in [3.05, 3.63) is 0 Å². The van der Waals surface area contributed by atoms with Crippen LogP contribution in [0.4, 0.5) is 0 Å². The van der Waals surface area contributed by atoms with Crippen molar-refractivity contribution in [1.82, 2.24) is 10.2 Å². The molecule has 7 nitrogen and oxygen atoms in total. The fourth-order valence-corrected chi connectivity index (χ4v) is 4.11. The molecule has 1 heterocycles. The molecule has 1 atom stereocenters. The molecule has 1 aliphatic heterocycles. The number of esters is 1. The maximum Gasteiger partial charge on any atom is 0.307 e. The zero-order valence-corrected chi connectivity index (χ0v) is 13.4. The van der Waals surface area contributed by atoms with Crippen LogP contribution in [0.5, 0.6) is 0 Å². The molecule has 0 bridgehead atoms. The summed E-state index contributed by atoms with van der Waals surface area (Å²) in [7, 11) is -3.00. The molecule has 1 fully saturated rings. The van der Waals surface area contributed by atoms with E-state index in [0.29, 0.717) is 26.1 Å². The smallest absolute Gasteiger partial charge is 0.307 e. The number of rotatable bonds is 8. The van der Waals surface area contributed by atoms with Crippen LogP contribution in [0.3, 0.4) is 0 Å². The second kappa shape index (κ2) is 8.33. The number of nitrogens with one attached hydrogen (secondary N) is 1. The first-order chi connectivity index (χ1) is 9.89. The second-order valence-corrected chi connectivity index (χ2v) is 7.20. The molecule has 0 saturated carbocycles. The minimum absolute atomic E-state index is 0.0510. The van der Waals surface area contributed by atoms with Crippen molar-refractivity contribution >= 4 is 21.7 Å². The third-order valence-corrected chi connectivity index (χ3v) is 5.15. The van der Waals surface area contributed by atoms with Crippen molar-refractivity contribution in [2.24, 2.45) is 0 Å². The number of hydrogen-bond acceptors (Lipinski definition) is 6. The number of ether oxygens (including phenoxy) is 1. The Morgan fingerprint density at radius 3 is 2.57 bits per heavy atom. The highest BCUT2D eigenvalue weighted by Crippen LogP contribution is 2.17. The van der Waals surface area contributed by atoms with E-state index in [4.69, 9.17) is 4.74 Å². The first kappa shape index (κ1) is 17.9. The van der Waals surface area contributed by atoms with Crippen LogP contribution in [0.2, 0.25) is 0 Å². The van der Waals surface area contributed by atoms with E-state index in [1.807, 2.05) is 6.92 Å². The van der Waals surface area contributed by atoms with Gasteiger partial charge in [-0.25, -0.2) is 8.42 Å². The molecular formula is C13H24N2O5S. The number of carbonyl (C=O) groups is 2. The molecule has 21 heavy (non-hydrogen) atoms. The van der Waals surface area contributed by atoms with Crippen molar-refractivity contribution in [2.45, 2.75) is 32.7 Å². The van der Waals surface area contributed by atoms with Gasteiger partial charge in [-0.3, -0.25) is 9.59 Å². The van der Waals surface area contributed by atoms with E-state index in [1.54, 1.807) is 11.8 Å². The van der Waals surface area contributed by atoms with Gasteiger partial charge < -0.3 is 15.0 Å². The number of sulfone groups is 1. The van der Waals surface area contributed by atoms with E-state index >= 15 is 0 Å². The third-order valence-electron chi connectivity index (χ3n) is 3.40. The molecule has 1 aliphatic rings. The Morgan fingerprint density at radius 1 is 1.33 bits per heavy atom. The van der Waals surface area contributed by atoms with Crippen LogP contribution in [0.25, 0.3) is 0 Å². The Bertz CT molecular complexity index is 463. The molecule has 1 unspecified atom stereocenters. The fourth-order valence-electron chi connectivity index (χ4n) is 2.38. The van der Waals surface area contributed by atoms with Crippen molar-refractivity contribution in [3.8, 4) is 0 Å². The summed E-state index contributed by atoms with van der Waals surface area (Å²) in [6.07, 6.45) is 0.718. The zero-order chi connectivity index (χ0) is 15.9. The summed E-state index contributed by atoms with van der Waals surface area (Å²) in [4.78, 5) is 24.8. The lowest BCUT2D eigenvalue weighted by Crippen LogP contribution is -2.45. The number of amides is 1.